The summed E-state index contributed by atoms with van der Waals surface area (Å²) in [6.45, 7) is 1.98. The lowest BCUT2D eigenvalue weighted by molar-refractivity contribution is 0.101. The van der Waals surface area contributed by atoms with Crippen LogP contribution in [0.1, 0.15) is 16.1 Å². The van der Waals surface area contributed by atoms with Crippen LogP contribution in [0.4, 0.5) is 5.69 Å². The first kappa shape index (κ1) is 13.4. The van der Waals surface area contributed by atoms with Crippen LogP contribution in [0.5, 0.6) is 0 Å². The molecule has 1 aromatic heterocycles. The van der Waals surface area contributed by atoms with Gasteiger partial charge in [-0.3, -0.25) is 4.79 Å². The molecule has 18 heavy (non-hydrogen) atoms. The number of carbonyl (C=O) groups excluding carboxylic acids is 1. The number of nitrogens with one attached hydrogen (secondary N) is 1. The first-order valence-electron chi connectivity index (χ1n) is 5.37. The number of carbonyl (C=O) groups is 1. The third-order valence-electron chi connectivity index (χ3n) is 2.62. The van der Waals surface area contributed by atoms with Crippen LogP contribution >= 0.6 is 31.9 Å². The van der Waals surface area contributed by atoms with E-state index < -0.39 is 0 Å². The van der Waals surface area contributed by atoms with Crippen LogP contribution in [0.15, 0.2) is 39.4 Å². The highest BCUT2D eigenvalue weighted by atomic mass is 79.9. The molecule has 0 fully saturated rings. The number of halogens is 2. The maximum absolute atomic E-state index is 12.1. The van der Waals surface area contributed by atoms with Crippen LogP contribution in [-0.2, 0) is 7.05 Å². The van der Waals surface area contributed by atoms with Gasteiger partial charge in [-0.05, 0) is 52.7 Å². The molecule has 2 rings (SSSR count). The van der Waals surface area contributed by atoms with Crippen LogP contribution in [0.25, 0.3) is 0 Å². The molecule has 3 nitrogen and oxygen atoms in total. The van der Waals surface area contributed by atoms with Gasteiger partial charge in [0.1, 0.15) is 5.69 Å². The monoisotopic (exact) mass is 370 g/mol. The van der Waals surface area contributed by atoms with Gasteiger partial charge in [-0.15, -0.1) is 0 Å². The molecule has 0 saturated heterocycles. The molecular formula is C13H12Br2N2O. The molecule has 0 saturated carbocycles. The molecule has 0 bridgehead atoms. The quantitative estimate of drug-likeness (QED) is 0.846. The molecule has 0 aliphatic rings. The molecule has 94 valence electrons. The van der Waals surface area contributed by atoms with Gasteiger partial charge in [0.25, 0.3) is 5.91 Å². The van der Waals surface area contributed by atoms with E-state index in [1.807, 2.05) is 38.4 Å². The Bertz CT molecular complexity index is 605. The number of nitrogens with zero attached hydrogens (tertiary/aromatic N) is 1. The van der Waals surface area contributed by atoms with Crippen LogP contribution in [0, 0.1) is 6.92 Å². The second kappa shape index (κ2) is 5.28. The minimum atomic E-state index is -0.120. The van der Waals surface area contributed by atoms with Crippen LogP contribution in [0.3, 0.4) is 0 Å². The van der Waals surface area contributed by atoms with Crippen LogP contribution < -0.4 is 5.32 Å². The highest BCUT2D eigenvalue weighted by molar-refractivity contribution is 9.10. The van der Waals surface area contributed by atoms with Crippen molar-refractivity contribution < 1.29 is 4.79 Å². The first-order valence-corrected chi connectivity index (χ1v) is 6.95. The SMILES string of the molecule is Cc1cc(NC(=O)c2cc(Br)cn2C)ccc1Br. The van der Waals surface area contributed by atoms with Gasteiger partial charge in [0.15, 0.2) is 0 Å². The third kappa shape index (κ3) is 2.84. The normalized spacial score (nSPS) is 10.4. The standard InChI is InChI=1S/C13H12Br2N2O/c1-8-5-10(3-4-11(8)15)16-13(18)12-6-9(14)7-17(12)2/h3-7H,1-2H3,(H,16,18). The van der Waals surface area contributed by atoms with E-state index >= 15 is 0 Å². The molecule has 1 heterocycles. The summed E-state index contributed by atoms with van der Waals surface area (Å²) in [6, 6.07) is 7.51. The first-order chi connectivity index (χ1) is 8.47. The molecule has 0 aliphatic carbocycles. The zero-order valence-corrected chi connectivity index (χ0v) is 13.2. The number of aryl methyl sites for hydroxylation is 2. The lowest BCUT2D eigenvalue weighted by Gasteiger charge is -2.07. The smallest absolute Gasteiger partial charge is 0.272 e. The molecule has 1 aromatic carbocycles. The van der Waals surface area contributed by atoms with Gasteiger partial charge in [0.05, 0.1) is 0 Å². The number of hydrogen-bond acceptors (Lipinski definition) is 1. The van der Waals surface area contributed by atoms with E-state index in [0.717, 1.165) is 20.2 Å². The molecule has 0 atom stereocenters. The number of aromatic nitrogens is 1. The van der Waals surface area contributed by atoms with Gasteiger partial charge in [-0.2, -0.15) is 0 Å². The molecule has 1 amide bonds. The number of hydrogen-bond donors (Lipinski definition) is 1. The lowest BCUT2D eigenvalue weighted by atomic mass is 10.2. The molecule has 0 unspecified atom stereocenters. The van der Waals surface area contributed by atoms with Crippen LogP contribution in [-0.4, -0.2) is 10.5 Å². The van der Waals surface area contributed by atoms with Crippen molar-refractivity contribution in [2.45, 2.75) is 6.92 Å². The van der Waals surface area contributed by atoms with E-state index in [-0.39, 0.29) is 5.91 Å². The maximum atomic E-state index is 12.1. The van der Waals surface area contributed by atoms with Crippen molar-refractivity contribution in [3.63, 3.8) is 0 Å². The molecule has 0 spiro atoms. The predicted molar refractivity (Wildman–Crippen MR) is 79.9 cm³/mol. The number of rotatable bonds is 2. The fraction of sp³-hybridized carbons (Fsp3) is 0.154. The van der Waals surface area contributed by atoms with E-state index in [1.165, 1.54) is 0 Å². The van der Waals surface area contributed by atoms with Gasteiger partial charge < -0.3 is 9.88 Å². The Morgan fingerprint density at radius 3 is 2.56 bits per heavy atom. The average Bonchev–Trinajstić information content (AvgIpc) is 2.63. The minimum Gasteiger partial charge on any atom is -0.345 e. The van der Waals surface area contributed by atoms with E-state index in [0.29, 0.717) is 5.69 Å². The lowest BCUT2D eigenvalue weighted by Crippen LogP contribution is -2.15. The van der Waals surface area contributed by atoms with Gasteiger partial charge in [-0.25, -0.2) is 0 Å². The second-order valence-corrected chi connectivity index (χ2v) is 5.84. The van der Waals surface area contributed by atoms with Gasteiger partial charge in [0.2, 0.25) is 0 Å². The fourth-order valence-electron chi connectivity index (χ4n) is 1.67. The Hall–Kier alpha value is -1.07. The van der Waals surface area contributed by atoms with E-state index in [9.17, 15) is 4.79 Å². The Labute approximate surface area is 122 Å². The highest BCUT2D eigenvalue weighted by Crippen LogP contribution is 2.21. The highest BCUT2D eigenvalue weighted by Gasteiger charge is 2.11. The Morgan fingerprint density at radius 2 is 2.00 bits per heavy atom. The average molecular weight is 372 g/mol. The zero-order valence-electron chi connectivity index (χ0n) is 10.00. The predicted octanol–water partition coefficient (Wildman–Crippen LogP) is 4.11. The van der Waals surface area contributed by atoms with Gasteiger partial charge in [0, 0.05) is 27.9 Å². The van der Waals surface area contributed by atoms with Crippen molar-refractivity contribution in [2.75, 3.05) is 5.32 Å². The van der Waals surface area contributed by atoms with Crippen molar-refractivity contribution in [3.05, 3.63) is 50.7 Å². The number of amides is 1. The van der Waals surface area contributed by atoms with Crippen molar-refractivity contribution in [1.82, 2.24) is 4.57 Å². The molecule has 2 aromatic rings. The van der Waals surface area contributed by atoms with Crippen molar-refractivity contribution in [1.29, 1.82) is 0 Å². The largest absolute Gasteiger partial charge is 0.345 e. The molecule has 5 heteroatoms. The fourth-order valence-corrected chi connectivity index (χ4v) is 2.44. The molecule has 1 N–H and O–H groups in total. The Balaban J connectivity index is 2.21. The summed E-state index contributed by atoms with van der Waals surface area (Å²) in [5.74, 6) is -0.120. The van der Waals surface area contributed by atoms with Crippen LogP contribution in [0.2, 0.25) is 0 Å². The topological polar surface area (TPSA) is 34.0 Å². The number of benzene rings is 1. The summed E-state index contributed by atoms with van der Waals surface area (Å²) < 4.78 is 3.70. The summed E-state index contributed by atoms with van der Waals surface area (Å²) in [4.78, 5) is 12.1. The van der Waals surface area contributed by atoms with Crippen molar-refractivity contribution in [3.8, 4) is 0 Å². The number of anilines is 1. The molecule has 0 aliphatic heterocycles. The summed E-state index contributed by atoms with van der Waals surface area (Å²) in [5, 5.41) is 2.88. The molecular weight excluding hydrogens is 360 g/mol. The second-order valence-electron chi connectivity index (χ2n) is 4.07. The Kier molecular flexibility index (Phi) is 3.92. The summed E-state index contributed by atoms with van der Waals surface area (Å²) >= 11 is 6.78. The summed E-state index contributed by atoms with van der Waals surface area (Å²) in [5.41, 5.74) is 2.49. The minimum absolute atomic E-state index is 0.120. The summed E-state index contributed by atoms with van der Waals surface area (Å²) in [7, 11) is 1.84. The Morgan fingerprint density at radius 1 is 1.28 bits per heavy atom. The van der Waals surface area contributed by atoms with Gasteiger partial charge in [-0.1, -0.05) is 15.9 Å². The third-order valence-corrected chi connectivity index (χ3v) is 3.94. The van der Waals surface area contributed by atoms with Gasteiger partial charge >= 0.3 is 0 Å². The van der Waals surface area contributed by atoms with Crippen molar-refractivity contribution >= 4 is 43.5 Å². The maximum Gasteiger partial charge on any atom is 0.272 e. The van der Waals surface area contributed by atoms with Crippen molar-refractivity contribution in [2.24, 2.45) is 7.05 Å². The zero-order chi connectivity index (χ0) is 13.3. The molecule has 0 radical (unpaired) electrons. The summed E-state index contributed by atoms with van der Waals surface area (Å²) in [6.07, 6.45) is 1.85. The van der Waals surface area contributed by atoms with E-state index in [1.54, 1.807) is 10.6 Å². The van der Waals surface area contributed by atoms with E-state index in [4.69, 9.17) is 0 Å². The van der Waals surface area contributed by atoms with E-state index in [2.05, 4.69) is 37.2 Å².